The van der Waals surface area contributed by atoms with Gasteiger partial charge in [-0.1, -0.05) is 18.2 Å². The lowest BCUT2D eigenvalue weighted by Crippen LogP contribution is -2.34. The second-order valence-corrected chi connectivity index (χ2v) is 4.33. The fourth-order valence-electron chi connectivity index (χ4n) is 1.78. The number of benzene rings is 1. The quantitative estimate of drug-likeness (QED) is 0.628. The average Bonchev–Trinajstić information content (AvgIpc) is 2.43. The summed E-state index contributed by atoms with van der Waals surface area (Å²) in [5.74, 6) is -0.165. The van der Waals surface area contributed by atoms with Crippen LogP contribution in [0.15, 0.2) is 24.3 Å². The van der Waals surface area contributed by atoms with Crippen molar-refractivity contribution in [3.8, 4) is 0 Å². The first kappa shape index (κ1) is 15.6. The molecule has 0 saturated heterocycles. The zero-order chi connectivity index (χ0) is 14.1. The maximum atomic E-state index is 12.1. The van der Waals surface area contributed by atoms with Gasteiger partial charge >= 0.3 is 0 Å². The lowest BCUT2D eigenvalue weighted by atomic mass is 10.0. The van der Waals surface area contributed by atoms with E-state index in [1.807, 2.05) is 25.2 Å². The summed E-state index contributed by atoms with van der Waals surface area (Å²) in [5.41, 5.74) is 1.65. The molecule has 0 bridgehead atoms. The predicted molar refractivity (Wildman–Crippen MR) is 74.3 cm³/mol. The monoisotopic (exact) mass is 266 g/mol. The molecule has 5 nitrogen and oxygen atoms in total. The van der Waals surface area contributed by atoms with Gasteiger partial charge in [-0.05, 0) is 31.6 Å². The number of aliphatic hydroxyl groups excluding tert-OH is 1. The molecule has 0 spiro atoms. The van der Waals surface area contributed by atoms with E-state index in [9.17, 15) is 9.90 Å². The Bertz CT molecular complexity index is 396. The predicted octanol–water partition coefficient (Wildman–Crippen LogP) is 0.186. The van der Waals surface area contributed by atoms with Crippen LogP contribution in [0, 0.1) is 0 Å². The number of nitrogens with one attached hydrogen (secondary N) is 2. The van der Waals surface area contributed by atoms with Gasteiger partial charge in [-0.3, -0.25) is 4.79 Å². The van der Waals surface area contributed by atoms with Crippen LogP contribution in [0.25, 0.3) is 0 Å². The van der Waals surface area contributed by atoms with Crippen molar-refractivity contribution in [1.82, 2.24) is 10.6 Å². The largest absolute Gasteiger partial charge is 0.389 e. The number of amides is 1. The summed E-state index contributed by atoms with van der Waals surface area (Å²) in [6, 6.07) is 7.49. The second kappa shape index (κ2) is 8.63. The van der Waals surface area contributed by atoms with Crippen LogP contribution < -0.4 is 10.6 Å². The number of ether oxygens (including phenoxy) is 1. The summed E-state index contributed by atoms with van der Waals surface area (Å²) in [6.45, 7) is 1.21. The first-order valence-corrected chi connectivity index (χ1v) is 6.36. The summed E-state index contributed by atoms with van der Waals surface area (Å²) in [4.78, 5) is 12.1. The number of carbonyl (C=O) groups excluding carboxylic acids is 1. The van der Waals surface area contributed by atoms with Crippen molar-refractivity contribution in [3.05, 3.63) is 35.4 Å². The molecule has 106 valence electrons. The molecule has 5 heteroatoms. The number of hydrogen-bond donors (Lipinski definition) is 3. The van der Waals surface area contributed by atoms with Crippen LogP contribution in [-0.2, 0) is 11.2 Å². The standard InChI is InChI=1S/C14H22N2O3/c1-15-8-7-11-5-3-4-6-13(11)14(18)16-9-12(17)10-19-2/h3-6,12,15,17H,7-10H2,1-2H3,(H,16,18). The van der Waals surface area contributed by atoms with Gasteiger partial charge in [-0.15, -0.1) is 0 Å². The Morgan fingerprint density at radius 2 is 2.16 bits per heavy atom. The van der Waals surface area contributed by atoms with E-state index in [0.29, 0.717) is 5.56 Å². The number of carbonyl (C=O) groups is 1. The molecular formula is C14H22N2O3. The van der Waals surface area contributed by atoms with Gasteiger partial charge in [0.05, 0.1) is 12.7 Å². The molecule has 0 heterocycles. The van der Waals surface area contributed by atoms with Gasteiger partial charge in [0, 0.05) is 19.2 Å². The average molecular weight is 266 g/mol. The van der Waals surface area contributed by atoms with Gasteiger partial charge in [0.25, 0.3) is 5.91 Å². The molecule has 3 N–H and O–H groups in total. The van der Waals surface area contributed by atoms with Crippen LogP contribution >= 0.6 is 0 Å². The van der Waals surface area contributed by atoms with E-state index in [-0.39, 0.29) is 19.1 Å². The molecule has 0 aliphatic carbocycles. The Kier molecular flexibility index (Phi) is 7.10. The molecule has 1 rings (SSSR count). The first-order chi connectivity index (χ1) is 9.19. The SMILES string of the molecule is CNCCc1ccccc1C(=O)NCC(O)COC. The van der Waals surface area contributed by atoms with Crippen LogP contribution in [0.2, 0.25) is 0 Å². The molecule has 1 aromatic carbocycles. The smallest absolute Gasteiger partial charge is 0.251 e. The number of hydrogen-bond acceptors (Lipinski definition) is 4. The van der Waals surface area contributed by atoms with E-state index in [1.165, 1.54) is 7.11 Å². The van der Waals surface area contributed by atoms with Crippen LogP contribution in [0.4, 0.5) is 0 Å². The van der Waals surface area contributed by atoms with Crippen molar-refractivity contribution in [2.45, 2.75) is 12.5 Å². The van der Waals surface area contributed by atoms with Crippen LogP contribution in [0.1, 0.15) is 15.9 Å². The zero-order valence-electron chi connectivity index (χ0n) is 11.5. The molecule has 0 radical (unpaired) electrons. The minimum absolute atomic E-state index is 0.165. The fourth-order valence-corrected chi connectivity index (χ4v) is 1.78. The Labute approximate surface area is 114 Å². The summed E-state index contributed by atoms with van der Waals surface area (Å²) < 4.78 is 4.81. The van der Waals surface area contributed by atoms with E-state index < -0.39 is 6.10 Å². The highest BCUT2D eigenvalue weighted by atomic mass is 16.5. The molecule has 1 amide bonds. The van der Waals surface area contributed by atoms with Crippen LogP contribution in [0.3, 0.4) is 0 Å². The van der Waals surface area contributed by atoms with Crippen molar-refractivity contribution in [1.29, 1.82) is 0 Å². The molecule has 0 saturated carbocycles. The van der Waals surface area contributed by atoms with E-state index >= 15 is 0 Å². The maximum absolute atomic E-state index is 12.1. The van der Waals surface area contributed by atoms with Gasteiger partial charge in [-0.2, -0.15) is 0 Å². The number of rotatable bonds is 8. The first-order valence-electron chi connectivity index (χ1n) is 6.36. The Morgan fingerprint density at radius 3 is 2.84 bits per heavy atom. The molecule has 1 aromatic rings. The molecule has 0 aliphatic heterocycles. The van der Waals surface area contributed by atoms with E-state index in [0.717, 1.165) is 18.5 Å². The van der Waals surface area contributed by atoms with Gasteiger partial charge in [0.1, 0.15) is 0 Å². The van der Waals surface area contributed by atoms with Crippen LogP contribution in [-0.4, -0.2) is 51.0 Å². The Balaban J connectivity index is 2.60. The van der Waals surface area contributed by atoms with Gasteiger partial charge in [0.2, 0.25) is 0 Å². The Morgan fingerprint density at radius 1 is 1.42 bits per heavy atom. The summed E-state index contributed by atoms with van der Waals surface area (Å²) in [6.07, 6.45) is 0.110. The molecule has 0 fully saturated rings. The summed E-state index contributed by atoms with van der Waals surface area (Å²) in [7, 11) is 3.39. The lowest BCUT2D eigenvalue weighted by molar-refractivity contribution is 0.0609. The molecule has 0 aromatic heterocycles. The van der Waals surface area contributed by atoms with E-state index in [1.54, 1.807) is 6.07 Å². The topological polar surface area (TPSA) is 70.6 Å². The van der Waals surface area contributed by atoms with Crippen molar-refractivity contribution in [2.24, 2.45) is 0 Å². The van der Waals surface area contributed by atoms with Gasteiger partial charge < -0.3 is 20.5 Å². The van der Waals surface area contributed by atoms with Gasteiger partial charge in [0.15, 0.2) is 0 Å². The highest BCUT2D eigenvalue weighted by Gasteiger charge is 2.12. The maximum Gasteiger partial charge on any atom is 0.251 e. The lowest BCUT2D eigenvalue weighted by Gasteiger charge is -2.13. The van der Waals surface area contributed by atoms with Crippen LogP contribution in [0.5, 0.6) is 0 Å². The zero-order valence-corrected chi connectivity index (χ0v) is 11.5. The summed E-state index contributed by atoms with van der Waals surface area (Å²) in [5, 5.41) is 15.3. The fraction of sp³-hybridized carbons (Fsp3) is 0.500. The number of methoxy groups -OCH3 is 1. The van der Waals surface area contributed by atoms with Crippen molar-refractivity contribution >= 4 is 5.91 Å². The normalized spacial score (nSPS) is 12.2. The highest BCUT2D eigenvalue weighted by molar-refractivity contribution is 5.95. The third kappa shape index (κ3) is 5.38. The third-order valence-corrected chi connectivity index (χ3v) is 2.76. The molecule has 0 aliphatic rings. The van der Waals surface area contributed by atoms with Crippen molar-refractivity contribution in [2.75, 3.05) is 33.9 Å². The highest BCUT2D eigenvalue weighted by Crippen LogP contribution is 2.09. The molecule has 19 heavy (non-hydrogen) atoms. The minimum Gasteiger partial charge on any atom is -0.389 e. The third-order valence-electron chi connectivity index (χ3n) is 2.76. The molecular weight excluding hydrogens is 244 g/mol. The summed E-state index contributed by atoms with van der Waals surface area (Å²) >= 11 is 0. The van der Waals surface area contributed by atoms with Crippen molar-refractivity contribution < 1.29 is 14.6 Å². The van der Waals surface area contributed by atoms with E-state index in [2.05, 4.69) is 10.6 Å². The van der Waals surface area contributed by atoms with Gasteiger partial charge in [-0.25, -0.2) is 0 Å². The molecule has 1 unspecified atom stereocenters. The van der Waals surface area contributed by atoms with Crippen molar-refractivity contribution in [3.63, 3.8) is 0 Å². The molecule has 1 atom stereocenters. The van der Waals surface area contributed by atoms with E-state index in [4.69, 9.17) is 4.74 Å². The number of likely N-dealkylation sites (N-methyl/N-ethyl adjacent to an activating group) is 1. The Hall–Kier alpha value is -1.43. The number of aliphatic hydroxyl groups is 1. The second-order valence-electron chi connectivity index (χ2n) is 4.33. The minimum atomic E-state index is -0.682.